The van der Waals surface area contributed by atoms with E-state index < -0.39 is 0 Å². The first-order valence-corrected chi connectivity index (χ1v) is 5.60. The maximum Gasteiger partial charge on any atom is 0.0449 e. The molecule has 1 aliphatic heterocycles. The molecular weight excluding hydrogens is 170 g/mol. The monoisotopic (exact) mass is 189 g/mol. The molecule has 1 heteroatoms. The Morgan fingerprint density at radius 2 is 2.07 bits per heavy atom. The molecule has 1 nitrogen and oxygen atoms in total. The van der Waals surface area contributed by atoms with Crippen LogP contribution in [0.5, 0.6) is 0 Å². The summed E-state index contributed by atoms with van der Waals surface area (Å²) in [6.45, 7) is 5.65. The summed E-state index contributed by atoms with van der Waals surface area (Å²) in [6, 6.07) is 8.76. The van der Waals surface area contributed by atoms with Gasteiger partial charge in [-0.3, -0.25) is 0 Å². The highest BCUT2D eigenvalue weighted by molar-refractivity contribution is 5.34. The molecule has 1 heterocycles. The maximum absolute atomic E-state index is 3.62. The molecule has 1 saturated heterocycles. The lowest BCUT2D eigenvalue weighted by atomic mass is 9.76. The lowest BCUT2D eigenvalue weighted by molar-refractivity contribution is 0.190. The van der Waals surface area contributed by atoms with Gasteiger partial charge in [0.2, 0.25) is 0 Å². The van der Waals surface area contributed by atoms with Crippen LogP contribution < -0.4 is 5.32 Å². The molecule has 76 valence electrons. The van der Waals surface area contributed by atoms with Crippen LogP contribution in [0.2, 0.25) is 0 Å². The van der Waals surface area contributed by atoms with Gasteiger partial charge in [0.15, 0.2) is 0 Å². The fourth-order valence-corrected chi connectivity index (χ4v) is 2.54. The predicted octanol–water partition coefficient (Wildman–Crippen LogP) is 2.98. The Balaban J connectivity index is 2.32. The summed E-state index contributed by atoms with van der Waals surface area (Å²) >= 11 is 0. The molecule has 1 aromatic rings. The zero-order chi connectivity index (χ0) is 10.0. The fourth-order valence-electron chi connectivity index (χ4n) is 2.54. The van der Waals surface area contributed by atoms with E-state index in [9.17, 15) is 0 Å². The van der Waals surface area contributed by atoms with Gasteiger partial charge in [-0.05, 0) is 37.4 Å². The van der Waals surface area contributed by atoms with Crippen molar-refractivity contribution in [3.05, 3.63) is 35.4 Å². The first-order valence-electron chi connectivity index (χ1n) is 5.60. The van der Waals surface area contributed by atoms with E-state index in [0.717, 1.165) is 0 Å². The third-order valence-corrected chi connectivity index (χ3v) is 3.35. The molecule has 2 rings (SSSR count). The lowest BCUT2D eigenvalue weighted by Gasteiger charge is -2.45. The van der Waals surface area contributed by atoms with E-state index in [0.29, 0.717) is 5.54 Å². The zero-order valence-electron chi connectivity index (χ0n) is 9.14. The van der Waals surface area contributed by atoms with Crippen molar-refractivity contribution in [1.82, 2.24) is 5.32 Å². The maximum atomic E-state index is 3.62. The summed E-state index contributed by atoms with van der Waals surface area (Å²) in [5.74, 6) is 0. The molecule has 0 radical (unpaired) electrons. The number of aryl methyl sites for hydroxylation is 1. The minimum atomic E-state index is 0.306. The minimum Gasteiger partial charge on any atom is -0.307 e. The summed E-state index contributed by atoms with van der Waals surface area (Å²) < 4.78 is 0. The number of nitrogens with one attached hydrogen (secondary N) is 1. The Kier molecular flexibility index (Phi) is 2.60. The first kappa shape index (κ1) is 9.72. The van der Waals surface area contributed by atoms with E-state index in [2.05, 4.69) is 43.4 Å². The molecule has 0 aliphatic carbocycles. The second-order valence-corrected chi connectivity index (χ2v) is 4.32. The SMILES string of the molecule is CCCC1(c2ccccc2C)CCN1. The van der Waals surface area contributed by atoms with Gasteiger partial charge in [0, 0.05) is 5.54 Å². The summed E-state index contributed by atoms with van der Waals surface area (Å²) in [5, 5.41) is 3.62. The topological polar surface area (TPSA) is 12.0 Å². The zero-order valence-corrected chi connectivity index (χ0v) is 9.14. The summed E-state index contributed by atoms with van der Waals surface area (Å²) in [4.78, 5) is 0. The van der Waals surface area contributed by atoms with Gasteiger partial charge >= 0.3 is 0 Å². The fraction of sp³-hybridized carbons (Fsp3) is 0.538. The van der Waals surface area contributed by atoms with Crippen molar-refractivity contribution >= 4 is 0 Å². The molecule has 1 aromatic carbocycles. The molecule has 1 unspecified atom stereocenters. The highest BCUT2D eigenvalue weighted by Gasteiger charge is 2.37. The van der Waals surface area contributed by atoms with E-state index in [-0.39, 0.29) is 0 Å². The Morgan fingerprint density at radius 3 is 2.57 bits per heavy atom. The van der Waals surface area contributed by atoms with E-state index in [1.165, 1.54) is 36.9 Å². The van der Waals surface area contributed by atoms with E-state index in [1.54, 1.807) is 0 Å². The number of hydrogen-bond acceptors (Lipinski definition) is 1. The van der Waals surface area contributed by atoms with Crippen LogP contribution in [0.3, 0.4) is 0 Å². The van der Waals surface area contributed by atoms with Crippen LogP contribution in [-0.2, 0) is 5.54 Å². The molecule has 0 amide bonds. The van der Waals surface area contributed by atoms with Gasteiger partial charge in [0.25, 0.3) is 0 Å². The normalized spacial score (nSPS) is 25.9. The minimum absolute atomic E-state index is 0.306. The molecule has 0 bridgehead atoms. The predicted molar refractivity (Wildman–Crippen MR) is 60.4 cm³/mol. The first-order chi connectivity index (χ1) is 6.78. The molecule has 0 saturated carbocycles. The van der Waals surface area contributed by atoms with Gasteiger partial charge in [0.05, 0.1) is 0 Å². The van der Waals surface area contributed by atoms with E-state index in [4.69, 9.17) is 0 Å². The lowest BCUT2D eigenvalue weighted by Crippen LogP contribution is -2.54. The number of rotatable bonds is 3. The summed E-state index contributed by atoms with van der Waals surface area (Å²) in [7, 11) is 0. The molecule has 1 atom stereocenters. The smallest absolute Gasteiger partial charge is 0.0449 e. The van der Waals surface area contributed by atoms with Gasteiger partial charge < -0.3 is 5.32 Å². The van der Waals surface area contributed by atoms with Crippen LogP contribution in [0.4, 0.5) is 0 Å². The number of benzene rings is 1. The highest BCUT2D eigenvalue weighted by atomic mass is 15.0. The quantitative estimate of drug-likeness (QED) is 0.770. The third kappa shape index (κ3) is 1.46. The highest BCUT2D eigenvalue weighted by Crippen LogP contribution is 2.37. The third-order valence-electron chi connectivity index (χ3n) is 3.35. The van der Waals surface area contributed by atoms with Gasteiger partial charge in [-0.25, -0.2) is 0 Å². The van der Waals surface area contributed by atoms with E-state index >= 15 is 0 Å². The second kappa shape index (κ2) is 3.74. The van der Waals surface area contributed by atoms with Crippen molar-refractivity contribution < 1.29 is 0 Å². The van der Waals surface area contributed by atoms with Crippen molar-refractivity contribution in [2.24, 2.45) is 0 Å². The molecular formula is C13H19N. The van der Waals surface area contributed by atoms with Crippen molar-refractivity contribution in [2.45, 2.75) is 38.6 Å². The van der Waals surface area contributed by atoms with Crippen LogP contribution in [0.1, 0.15) is 37.3 Å². The standard InChI is InChI=1S/C13H19N/c1-3-8-13(9-10-14-13)12-7-5-4-6-11(12)2/h4-7,14H,3,8-10H2,1-2H3. The van der Waals surface area contributed by atoms with Crippen molar-refractivity contribution in [2.75, 3.05) is 6.54 Å². The van der Waals surface area contributed by atoms with Gasteiger partial charge in [-0.1, -0.05) is 37.6 Å². The number of hydrogen-bond donors (Lipinski definition) is 1. The van der Waals surface area contributed by atoms with Crippen molar-refractivity contribution in [3.8, 4) is 0 Å². The van der Waals surface area contributed by atoms with Gasteiger partial charge in [0.1, 0.15) is 0 Å². The molecule has 0 aromatic heterocycles. The van der Waals surface area contributed by atoms with E-state index in [1.807, 2.05) is 0 Å². The average Bonchev–Trinajstić information content (AvgIpc) is 2.13. The van der Waals surface area contributed by atoms with Crippen LogP contribution in [-0.4, -0.2) is 6.54 Å². The summed E-state index contributed by atoms with van der Waals surface area (Å²) in [6.07, 6.45) is 3.81. The van der Waals surface area contributed by atoms with Crippen LogP contribution in [0.25, 0.3) is 0 Å². The van der Waals surface area contributed by atoms with Gasteiger partial charge in [-0.2, -0.15) is 0 Å². The second-order valence-electron chi connectivity index (χ2n) is 4.32. The largest absolute Gasteiger partial charge is 0.307 e. The average molecular weight is 189 g/mol. The van der Waals surface area contributed by atoms with Crippen LogP contribution in [0.15, 0.2) is 24.3 Å². The molecule has 0 spiro atoms. The van der Waals surface area contributed by atoms with Crippen LogP contribution >= 0.6 is 0 Å². The van der Waals surface area contributed by atoms with Crippen molar-refractivity contribution in [3.63, 3.8) is 0 Å². The Labute approximate surface area is 86.5 Å². The summed E-state index contributed by atoms with van der Waals surface area (Å²) in [5.41, 5.74) is 3.24. The van der Waals surface area contributed by atoms with Gasteiger partial charge in [-0.15, -0.1) is 0 Å². The molecule has 1 N–H and O–H groups in total. The molecule has 1 aliphatic rings. The Morgan fingerprint density at radius 1 is 1.36 bits per heavy atom. The van der Waals surface area contributed by atoms with Crippen molar-refractivity contribution in [1.29, 1.82) is 0 Å². The Hall–Kier alpha value is -0.820. The molecule has 1 fully saturated rings. The molecule has 14 heavy (non-hydrogen) atoms. The Bertz CT molecular complexity index is 313. The van der Waals surface area contributed by atoms with Crippen LogP contribution in [0, 0.1) is 6.92 Å².